The van der Waals surface area contributed by atoms with Crippen molar-refractivity contribution in [3.05, 3.63) is 0 Å². The Morgan fingerprint density at radius 1 is 0.714 bits per heavy atom. The van der Waals surface area contributed by atoms with Crippen molar-refractivity contribution in [3.63, 3.8) is 0 Å². The molecule has 1 rings (SSSR count). The second kappa shape index (κ2) is 3.88. The number of aliphatic hydroxyl groups excluding tert-OH is 4. The first kappa shape index (κ1) is 10.9. The largest absolute Gasteiger partial charge is 0.369 e. The fourth-order valence-corrected chi connectivity index (χ4v) is 1.18. The molecule has 4 atom stereocenters. The van der Waals surface area contributed by atoms with E-state index in [1.165, 1.54) is 0 Å². The van der Waals surface area contributed by atoms with Crippen LogP contribution in [-0.2, 0) is 9.59 Å². The summed E-state index contributed by atoms with van der Waals surface area (Å²) < 4.78 is 0. The molecule has 4 N–H and O–H groups in total. The maximum absolute atomic E-state index is 10.3. The molecular formula is C6H10N2O6. The van der Waals surface area contributed by atoms with Gasteiger partial charge in [-0.05, 0) is 0 Å². The van der Waals surface area contributed by atoms with Gasteiger partial charge in [-0.2, -0.15) is 0 Å². The Morgan fingerprint density at radius 3 is 1.07 bits per heavy atom. The molecule has 1 saturated heterocycles. The summed E-state index contributed by atoms with van der Waals surface area (Å²) in [6.07, 6.45) is -6.95. The van der Waals surface area contributed by atoms with E-state index in [4.69, 9.17) is 0 Å². The van der Waals surface area contributed by atoms with Crippen LogP contribution in [0.3, 0.4) is 0 Å². The molecule has 8 nitrogen and oxygen atoms in total. The van der Waals surface area contributed by atoms with Gasteiger partial charge < -0.3 is 20.4 Å². The van der Waals surface area contributed by atoms with Crippen LogP contribution in [0.2, 0.25) is 0 Å². The molecule has 0 spiro atoms. The summed E-state index contributed by atoms with van der Waals surface area (Å²) in [4.78, 5) is 21.5. The quantitative estimate of drug-likeness (QED) is 0.344. The molecule has 1 heterocycles. The molecule has 0 aromatic rings. The second-order valence-corrected chi connectivity index (χ2v) is 2.76. The zero-order valence-corrected chi connectivity index (χ0v) is 6.96. The van der Waals surface area contributed by atoms with Gasteiger partial charge in [-0.3, -0.25) is 19.4 Å². The molecule has 1 fully saturated rings. The molecule has 0 bridgehead atoms. The first-order chi connectivity index (χ1) is 6.54. The topological polar surface area (TPSA) is 122 Å². The van der Waals surface area contributed by atoms with Crippen LogP contribution in [0.5, 0.6) is 0 Å². The van der Waals surface area contributed by atoms with E-state index < -0.39 is 24.9 Å². The van der Waals surface area contributed by atoms with Gasteiger partial charge in [0.1, 0.15) is 0 Å². The van der Waals surface area contributed by atoms with Gasteiger partial charge in [0, 0.05) is 0 Å². The van der Waals surface area contributed by atoms with Gasteiger partial charge in [-0.1, -0.05) is 0 Å². The van der Waals surface area contributed by atoms with Gasteiger partial charge >= 0.3 is 0 Å². The summed E-state index contributed by atoms with van der Waals surface area (Å²) >= 11 is 0. The summed E-state index contributed by atoms with van der Waals surface area (Å²) in [6.45, 7) is 0. The lowest BCUT2D eigenvalue weighted by Gasteiger charge is -2.45. The fourth-order valence-electron chi connectivity index (χ4n) is 1.18. The minimum Gasteiger partial charge on any atom is -0.369 e. The highest BCUT2D eigenvalue weighted by Crippen LogP contribution is 2.18. The van der Waals surface area contributed by atoms with E-state index in [9.17, 15) is 30.0 Å². The third kappa shape index (κ3) is 1.44. The van der Waals surface area contributed by atoms with Gasteiger partial charge in [-0.15, -0.1) is 0 Å². The van der Waals surface area contributed by atoms with Crippen LogP contribution in [0.15, 0.2) is 0 Å². The normalized spacial score (nSPS) is 38.3. The average molecular weight is 206 g/mol. The molecule has 2 amide bonds. The van der Waals surface area contributed by atoms with Gasteiger partial charge in [0.2, 0.25) is 12.8 Å². The Morgan fingerprint density at radius 2 is 0.929 bits per heavy atom. The lowest BCUT2D eigenvalue weighted by Crippen LogP contribution is -2.67. The van der Waals surface area contributed by atoms with Gasteiger partial charge in [-0.25, -0.2) is 0 Å². The summed E-state index contributed by atoms with van der Waals surface area (Å²) in [6, 6.07) is 0. The zero-order valence-electron chi connectivity index (χ0n) is 6.96. The molecular weight excluding hydrogens is 196 g/mol. The highest BCUT2D eigenvalue weighted by molar-refractivity contribution is 5.52. The number of amides is 2. The van der Waals surface area contributed by atoms with Crippen LogP contribution in [0.4, 0.5) is 0 Å². The first-order valence-electron chi connectivity index (χ1n) is 3.72. The third-order valence-electron chi connectivity index (χ3n) is 2.00. The molecule has 0 aliphatic carbocycles. The summed E-state index contributed by atoms with van der Waals surface area (Å²) in [5, 5.41) is 36.8. The van der Waals surface area contributed by atoms with Crippen LogP contribution in [-0.4, -0.2) is 68.0 Å². The monoisotopic (exact) mass is 206 g/mol. The van der Waals surface area contributed by atoms with Crippen molar-refractivity contribution in [2.45, 2.75) is 24.9 Å². The second-order valence-electron chi connectivity index (χ2n) is 2.76. The van der Waals surface area contributed by atoms with Crippen LogP contribution < -0.4 is 0 Å². The van der Waals surface area contributed by atoms with E-state index in [0.29, 0.717) is 9.80 Å². The Labute approximate surface area is 78.6 Å². The van der Waals surface area contributed by atoms with Crippen molar-refractivity contribution in [2.24, 2.45) is 0 Å². The number of aliphatic hydroxyl groups is 4. The lowest BCUT2D eigenvalue weighted by atomic mass is 10.2. The van der Waals surface area contributed by atoms with E-state index in [-0.39, 0.29) is 12.8 Å². The van der Waals surface area contributed by atoms with Crippen molar-refractivity contribution >= 4 is 12.8 Å². The molecule has 0 aromatic heterocycles. The number of hydrogen-bond acceptors (Lipinski definition) is 6. The molecule has 8 heteroatoms. The lowest BCUT2D eigenvalue weighted by molar-refractivity contribution is -0.274. The Bertz CT molecular complexity index is 196. The van der Waals surface area contributed by atoms with E-state index in [1.54, 1.807) is 0 Å². The van der Waals surface area contributed by atoms with Crippen LogP contribution in [0.1, 0.15) is 0 Å². The summed E-state index contributed by atoms with van der Waals surface area (Å²) in [5.74, 6) is 0. The fraction of sp³-hybridized carbons (Fsp3) is 0.667. The molecule has 14 heavy (non-hydrogen) atoms. The highest BCUT2D eigenvalue weighted by Gasteiger charge is 2.44. The number of piperazine rings is 1. The molecule has 80 valence electrons. The predicted octanol–water partition coefficient (Wildman–Crippen LogP) is -3.81. The van der Waals surface area contributed by atoms with E-state index in [2.05, 4.69) is 0 Å². The number of nitrogens with zero attached hydrogens (tertiary/aromatic N) is 2. The third-order valence-corrected chi connectivity index (χ3v) is 2.00. The molecule has 1 aliphatic heterocycles. The van der Waals surface area contributed by atoms with Crippen molar-refractivity contribution in [1.29, 1.82) is 0 Å². The van der Waals surface area contributed by atoms with Crippen LogP contribution in [0, 0.1) is 0 Å². The predicted molar refractivity (Wildman–Crippen MR) is 39.8 cm³/mol. The van der Waals surface area contributed by atoms with Gasteiger partial charge in [0.05, 0.1) is 0 Å². The Kier molecular flexibility index (Phi) is 3.01. The molecule has 0 aromatic carbocycles. The maximum atomic E-state index is 10.3. The smallest absolute Gasteiger partial charge is 0.214 e. The van der Waals surface area contributed by atoms with E-state index in [1.807, 2.05) is 0 Å². The number of hydrogen-bond donors (Lipinski definition) is 4. The Hall–Kier alpha value is -1.22. The first-order valence-corrected chi connectivity index (χ1v) is 3.72. The molecule has 1 aliphatic rings. The number of rotatable bonds is 2. The van der Waals surface area contributed by atoms with Crippen molar-refractivity contribution in [2.75, 3.05) is 0 Å². The van der Waals surface area contributed by atoms with Crippen molar-refractivity contribution in [1.82, 2.24) is 9.80 Å². The van der Waals surface area contributed by atoms with Crippen molar-refractivity contribution in [3.8, 4) is 0 Å². The average Bonchev–Trinajstić information content (AvgIpc) is 2.17. The minimum atomic E-state index is -1.77. The van der Waals surface area contributed by atoms with Gasteiger partial charge in [0.15, 0.2) is 24.9 Å². The standard InChI is InChI=1S/C6H10N2O6/c9-1-7-3(11)5(13)8(2-10)6(14)4(7)12/h1-6,11-14H/t3-,4-,5-,6+/m0/s1. The molecule has 0 unspecified atom stereocenters. The molecule has 0 saturated carbocycles. The van der Waals surface area contributed by atoms with E-state index >= 15 is 0 Å². The van der Waals surface area contributed by atoms with Crippen molar-refractivity contribution < 1.29 is 30.0 Å². The summed E-state index contributed by atoms with van der Waals surface area (Å²) in [5.41, 5.74) is 0. The zero-order chi connectivity index (χ0) is 10.9. The minimum absolute atomic E-state index is 0.0594. The van der Waals surface area contributed by atoms with Crippen LogP contribution in [0.25, 0.3) is 0 Å². The number of carbonyl (C=O) groups is 2. The molecule has 0 radical (unpaired) electrons. The van der Waals surface area contributed by atoms with Gasteiger partial charge in [0.25, 0.3) is 0 Å². The Balaban J connectivity index is 2.92. The summed E-state index contributed by atoms with van der Waals surface area (Å²) in [7, 11) is 0. The SMILES string of the molecule is O=CN1[C@H](O)[C@H](O)N(C=O)[C@@H](O)[C@@H]1O. The van der Waals surface area contributed by atoms with Crippen LogP contribution >= 0.6 is 0 Å². The van der Waals surface area contributed by atoms with E-state index in [0.717, 1.165) is 0 Å². The maximum Gasteiger partial charge on any atom is 0.214 e. The number of carbonyl (C=O) groups excluding carboxylic acids is 2. The highest BCUT2D eigenvalue weighted by atomic mass is 16.4.